The van der Waals surface area contributed by atoms with Gasteiger partial charge in [-0.1, -0.05) is 25.4 Å². The Hall–Kier alpha value is -0.800. The molecule has 3 nitrogen and oxygen atoms in total. The summed E-state index contributed by atoms with van der Waals surface area (Å²) < 4.78 is 5.79. The van der Waals surface area contributed by atoms with Gasteiger partial charge in [-0.15, -0.1) is 0 Å². The van der Waals surface area contributed by atoms with Gasteiger partial charge in [0.25, 0.3) is 0 Å². The van der Waals surface area contributed by atoms with Crippen molar-refractivity contribution in [3.63, 3.8) is 0 Å². The van der Waals surface area contributed by atoms with Crippen LogP contribution in [0.2, 0.25) is 5.15 Å². The molecule has 0 radical (unpaired) electrons. The van der Waals surface area contributed by atoms with E-state index in [9.17, 15) is 0 Å². The van der Waals surface area contributed by atoms with E-state index in [2.05, 4.69) is 31.1 Å². The summed E-state index contributed by atoms with van der Waals surface area (Å²) in [6.07, 6.45) is 4.31. The minimum atomic E-state index is 0.204. The Morgan fingerprint density at radius 1 is 1.50 bits per heavy atom. The second-order valence-corrected chi connectivity index (χ2v) is 5.49. The molecule has 1 saturated carbocycles. The van der Waals surface area contributed by atoms with Gasteiger partial charge in [-0.25, -0.2) is 4.98 Å². The second kappa shape index (κ2) is 5.45. The predicted octanol–water partition coefficient (Wildman–Crippen LogP) is 3.74. The third-order valence-electron chi connectivity index (χ3n) is 4.18. The highest BCUT2D eigenvalue weighted by atomic mass is 35.5. The molecule has 3 atom stereocenters. The summed E-state index contributed by atoms with van der Waals surface area (Å²) in [5.74, 6) is 0. The smallest absolute Gasteiger partial charge is 0.129 e. The third-order valence-corrected chi connectivity index (χ3v) is 4.40. The van der Waals surface area contributed by atoms with E-state index in [-0.39, 0.29) is 5.41 Å². The van der Waals surface area contributed by atoms with Gasteiger partial charge in [0, 0.05) is 18.1 Å². The number of nitrogens with one attached hydrogen (secondary N) is 1. The maximum atomic E-state index is 5.79. The van der Waals surface area contributed by atoms with E-state index in [0.29, 0.717) is 17.3 Å². The van der Waals surface area contributed by atoms with Gasteiger partial charge >= 0.3 is 0 Å². The van der Waals surface area contributed by atoms with Gasteiger partial charge in [0.1, 0.15) is 5.15 Å². The molecule has 0 aromatic carbocycles. The first-order valence-corrected chi connectivity index (χ1v) is 6.97. The van der Waals surface area contributed by atoms with Crippen LogP contribution in [0.5, 0.6) is 0 Å². The summed E-state index contributed by atoms with van der Waals surface area (Å²) in [5, 5.41) is 4.06. The Balaban J connectivity index is 2.00. The van der Waals surface area contributed by atoms with Crippen LogP contribution in [-0.2, 0) is 4.74 Å². The number of rotatable bonds is 5. The van der Waals surface area contributed by atoms with Gasteiger partial charge < -0.3 is 10.1 Å². The molecule has 1 aromatic heterocycles. The monoisotopic (exact) mass is 268 g/mol. The summed E-state index contributed by atoms with van der Waals surface area (Å²) in [7, 11) is 0. The van der Waals surface area contributed by atoms with Crippen molar-refractivity contribution >= 4 is 17.3 Å². The van der Waals surface area contributed by atoms with Gasteiger partial charge in [-0.05, 0) is 31.9 Å². The van der Waals surface area contributed by atoms with Gasteiger partial charge in [-0.3, -0.25) is 0 Å². The summed E-state index contributed by atoms with van der Waals surface area (Å²) in [4.78, 5) is 4.09. The predicted molar refractivity (Wildman–Crippen MR) is 75.1 cm³/mol. The Morgan fingerprint density at radius 2 is 2.28 bits per heavy atom. The number of pyridine rings is 1. The molecular weight excluding hydrogens is 248 g/mol. The average molecular weight is 269 g/mol. The molecule has 0 saturated heterocycles. The van der Waals surface area contributed by atoms with Crippen molar-refractivity contribution in [2.24, 2.45) is 5.41 Å². The van der Waals surface area contributed by atoms with Crippen LogP contribution in [0.1, 0.15) is 33.6 Å². The van der Waals surface area contributed by atoms with Crippen molar-refractivity contribution in [1.82, 2.24) is 4.98 Å². The number of aromatic nitrogens is 1. The number of anilines is 1. The zero-order valence-electron chi connectivity index (χ0n) is 11.2. The Kier molecular flexibility index (Phi) is 4.13. The lowest BCUT2D eigenvalue weighted by molar-refractivity contribution is -0.109. The van der Waals surface area contributed by atoms with Crippen LogP contribution in [0.4, 0.5) is 5.69 Å². The molecule has 0 amide bonds. The highest BCUT2D eigenvalue weighted by molar-refractivity contribution is 6.29. The number of nitrogens with zero attached hydrogens (tertiary/aromatic N) is 1. The fourth-order valence-electron chi connectivity index (χ4n) is 2.64. The molecule has 3 unspecified atom stereocenters. The van der Waals surface area contributed by atoms with Crippen molar-refractivity contribution in [2.75, 3.05) is 11.9 Å². The van der Waals surface area contributed by atoms with Gasteiger partial charge in [0.15, 0.2) is 0 Å². The zero-order valence-corrected chi connectivity index (χ0v) is 12.0. The quantitative estimate of drug-likeness (QED) is 0.826. The van der Waals surface area contributed by atoms with E-state index in [4.69, 9.17) is 16.3 Å². The molecule has 2 rings (SSSR count). The zero-order chi connectivity index (χ0) is 13.2. The lowest BCUT2D eigenvalue weighted by Crippen LogP contribution is -2.59. The SMILES string of the molecule is CCOC1CC(Nc2ccc(Cl)nc2)C1(C)CC. The fraction of sp³-hybridized carbons (Fsp3) is 0.643. The van der Waals surface area contributed by atoms with E-state index in [1.165, 1.54) is 0 Å². The summed E-state index contributed by atoms with van der Waals surface area (Å²) in [5.41, 5.74) is 1.23. The molecule has 1 N–H and O–H groups in total. The molecule has 4 heteroatoms. The maximum Gasteiger partial charge on any atom is 0.129 e. The normalized spacial score (nSPS) is 30.9. The minimum absolute atomic E-state index is 0.204. The number of ether oxygens (including phenoxy) is 1. The van der Waals surface area contributed by atoms with Gasteiger partial charge in [0.2, 0.25) is 0 Å². The first kappa shape index (κ1) is 13.6. The average Bonchev–Trinajstić information content (AvgIpc) is 2.39. The lowest BCUT2D eigenvalue weighted by atomic mass is 9.61. The van der Waals surface area contributed by atoms with Gasteiger partial charge in [-0.2, -0.15) is 0 Å². The first-order valence-electron chi connectivity index (χ1n) is 6.59. The van der Waals surface area contributed by atoms with Crippen molar-refractivity contribution in [3.8, 4) is 0 Å². The van der Waals surface area contributed by atoms with E-state index in [1.807, 2.05) is 12.1 Å². The van der Waals surface area contributed by atoms with Crippen molar-refractivity contribution in [3.05, 3.63) is 23.5 Å². The fourth-order valence-corrected chi connectivity index (χ4v) is 2.75. The molecule has 1 aromatic rings. The summed E-state index contributed by atoms with van der Waals surface area (Å²) >= 11 is 5.78. The van der Waals surface area contributed by atoms with Crippen LogP contribution in [0, 0.1) is 5.41 Å². The van der Waals surface area contributed by atoms with Gasteiger partial charge in [0.05, 0.1) is 18.0 Å². The van der Waals surface area contributed by atoms with E-state index in [1.54, 1.807) is 6.20 Å². The lowest BCUT2D eigenvalue weighted by Gasteiger charge is -2.53. The molecule has 1 fully saturated rings. The molecule has 0 bridgehead atoms. The number of halogens is 1. The van der Waals surface area contributed by atoms with Crippen molar-refractivity contribution < 1.29 is 4.74 Å². The molecule has 0 aliphatic heterocycles. The highest BCUT2D eigenvalue weighted by Gasteiger charge is 2.51. The Labute approximate surface area is 114 Å². The highest BCUT2D eigenvalue weighted by Crippen LogP contribution is 2.47. The number of hydrogen-bond donors (Lipinski definition) is 1. The molecule has 18 heavy (non-hydrogen) atoms. The summed E-state index contributed by atoms with van der Waals surface area (Å²) in [6, 6.07) is 4.23. The van der Waals surface area contributed by atoms with Crippen LogP contribution in [-0.4, -0.2) is 23.7 Å². The maximum absolute atomic E-state index is 5.79. The van der Waals surface area contributed by atoms with Crippen LogP contribution in [0.15, 0.2) is 18.3 Å². The van der Waals surface area contributed by atoms with Crippen LogP contribution < -0.4 is 5.32 Å². The molecular formula is C14H21ClN2O. The van der Waals surface area contributed by atoms with Crippen LogP contribution in [0.25, 0.3) is 0 Å². The van der Waals surface area contributed by atoms with Crippen molar-refractivity contribution in [2.45, 2.75) is 45.8 Å². The Morgan fingerprint density at radius 3 is 2.83 bits per heavy atom. The molecule has 1 aliphatic rings. The first-order chi connectivity index (χ1) is 8.60. The van der Waals surface area contributed by atoms with Crippen molar-refractivity contribution in [1.29, 1.82) is 0 Å². The Bertz CT molecular complexity index is 395. The largest absolute Gasteiger partial charge is 0.380 e. The summed E-state index contributed by atoms with van der Waals surface area (Å²) in [6.45, 7) is 7.35. The standard InChI is InChI=1S/C14H21ClN2O/c1-4-14(3)11(8-12(14)18-5-2)17-10-6-7-13(15)16-9-10/h6-7,9,11-12,17H,4-5,8H2,1-3H3. The van der Waals surface area contributed by atoms with E-state index < -0.39 is 0 Å². The molecule has 0 spiro atoms. The third kappa shape index (κ3) is 2.47. The van der Waals surface area contributed by atoms with Crippen LogP contribution in [0.3, 0.4) is 0 Å². The molecule has 1 heterocycles. The molecule has 100 valence electrons. The van der Waals surface area contributed by atoms with E-state index >= 15 is 0 Å². The second-order valence-electron chi connectivity index (χ2n) is 5.11. The number of hydrogen-bond acceptors (Lipinski definition) is 3. The van der Waals surface area contributed by atoms with E-state index in [0.717, 1.165) is 25.1 Å². The minimum Gasteiger partial charge on any atom is -0.380 e. The molecule has 1 aliphatic carbocycles. The topological polar surface area (TPSA) is 34.1 Å². The van der Waals surface area contributed by atoms with Crippen LogP contribution >= 0.6 is 11.6 Å².